The Morgan fingerprint density at radius 3 is 2.10 bits per heavy atom. The van der Waals surface area contributed by atoms with Gasteiger partial charge in [0.25, 0.3) is 0 Å². The fourth-order valence-electron chi connectivity index (χ4n) is 3.15. The van der Waals surface area contributed by atoms with Crippen molar-refractivity contribution in [2.75, 3.05) is 16.0 Å². The number of carbonyl (C=O) groups excluding carboxylic acids is 2. The molecule has 0 aliphatic rings. The van der Waals surface area contributed by atoms with E-state index in [9.17, 15) is 9.59 Å². The molecule has 0 spiro atoms. The molecule has 0 fully saturated rings. The molecule has 7 nitrogen and oxygen atoms in total. The van der Waals surface area contributed by atoms with Crippen LogP contribution in [0.25, 0.3) is 11.1 Å². The first-order chi connectivity index (χ1) is 14.5. The molecule has 0 saturated carbocycles. The summed E-state index contributed by atoms with van der Waals surface area (Å²) >= 11 is 0. The van der Waals surface area contributed by atoms with Gasteiger partial charge in [0.15, 0.2) is 0 Å². The molecule has 0 aliphatic carbocycles. The highest BCUT2D eigenvalue weighted by Crippen LogP contribution is 2.27. The van der Waals surface area contributed by atoms with E-state index < -0.39 is 0 Å². The van der Waals surface area contributed by atoms with Gasteiger partial charge in [-0.05, 0) is 47.9 Å². The summed E-state index contributed by atoms with van der Waals surface area (Å²) in [5, 5.41) is 13.0. The van der Waals surface area contributed by atoms with Crippen molar-refractivity contribution in [3.63, 3.8) is 0 Å². The molecule has 7 heteroatoms. The van der Waals surface area contributed by atoms with E-state index in [0.717, 1.165) is 33.8 Å². The molecule has 0 unspecified atom stereocenters. The number of hydrogen-bond donors (Lipinski definition) is 3. The number of aromatic nitrogens is 2. The van der Waals surface area contributed by atoms with Crippen molar-refractivity contribution >= 4 is 29.1 Å². The molecule has 3 aromatic rings. The van der Waals surface area contributed by atoms with Crippen molar-refractivity contribution in [2.45, 2.75) is 40.0 Å². The molecule has 0 atom stereocenters. The number of urea groups is 1. The van der Waals surface area contributed by atoms with Crippen molar-refractivity contribution in [2.24, 2.45) is 7.05 Å². The van der Waals surface area contributed by atoms with Gasteiger partial charge < -0.3 is 10.6 Å². The summed E-state index contributed by atoms with van der Waals surface area (Å²) in [5.41, 5.74) is 5.30. The molecule has 1 aromatic heterocycles. The number of aryl methyl sites for hydroxylation is 2. The second-order valence-electron chi connectivity index (χ2n) is 8.66. The number of amides is 3. The third-order valence-corrected chi connectivity index (χ3v) is 4.90. The monoisotopic (exact) mass is 419 g/mol. The minimum atomic E-state index is -0.320. The van der Waals surface area contributed by atoms with E-state index in [0.29, 0.717) is 5.82 Å². The van der Waals surface area contributed by atoms with E-state index >= 15 is 0 Å². The molecule has 0 aliphatic heterocycles. The lowest BCUT2D eigenvalue weighted by Gasteiger charge is -2.13. The predicted molar refractivity (Wildman–Crippen MR) is 125 cm³/mol. The van der Waals surface area contributed by atoms with E-state index in [4.69, 9.17) is 0 Å². The van der Waals surface area contributed by atoms with Crippen LogP contribution in [-0.4, -0.2) is 21.7 Å². The second-order valence-corrected chi connectivity index (χ2v) is 8.66. The molecular formula is C24H29N5O2. The topological polar surface area (TPSA) is 88.1 Å². The number of nitrogens with zero attached hydrogens (tertiary/aromatic N) is 2. The summed E-state index contributed by atoms with van der Waals surface area (Å²) in [6.45, 7) is 9.68. The predicted octanol–water partition coefficient (Wildman–Crippen LogP) is 5.30. The third-order valence-electron chi connectivity index (χ3n) is 4.90. The molecule has 1 heterocycles. The van der Waals surface area contributed by atoms with Crippen molar-refractivity contribution in [3.05, 3.63) is 59.8 Å². The third kappa shape index (κ3) is 5.51. The summed E-state index contributed by atoms with van der Waals surface area (Å²) in [4.78, 5) is 23.7. The lowest BCUT2D eigenvalue weighted by Crippen LogP contribution is -2.21. The Morgan fingerprint density at radius 1 is 0.903 bits per heavy atom. The van der Waals surface area contributed by atoms with Crippen LogP contribution in [0.2, 0.25) is 0 Å². The maximum absolute atomic E-state index is 12.5. The van der Waals surface area contributed by atoms with Crippen LogP contribution in [0.1, 0.15) is 39.0 Å². The second kappa shape index (κ2) is 8.63. The normalized spacial score (nSPS) is 11.2. The SMILES string of the molecule is CC(=O)Nc1ccc(-c2ccc(NC(=O)Nc3cc(C(C)(C)C)nn3C)c(C)c2)cc1. The summed E-state index contributed by atoms with van der Waals surface area (Å²) in [6, 6.07) is 15.1. The van der Waals surface area contributed by atoms with Gasteiger partial charge in [-0.1, -0.05) is 39.0 Å². The molecule has 162 valence electrons. The average Bonchev–Trinajstić information content (AvgIpc) is 3.04. The van der Waals surface area contributed by atoms with Gasteiger partial charge >= 0.3 is 6.03 Å². The lowest BCUT2D eigenvalue weighted by atomic mass is 9.92. The Balaban J connectivity index is 1.70. The highest BCUT2D eigenvalue weighted by molar-refractivity contribution is 6.00. The first-order valence-electron chi connectivity index (χ1n) is 10.1. The molecular weight excluding hydrogens is 390 g/mol. The van der Waals surface area contributed by atoms with Gasteiger partial charge in [-0.2, -0.15) is 5.10 Å². The Hall–Kier alpha value is -3.61. The average molecular weight is 420 g/mol. The summed E-state index contributed by atoms with van der Waals surface area (Å²) in [5.74, 6) is 0.536. The number of nitrogens with one attached hydrogen (secondary N) is 3. The standard InChI is InChI=1S/C24H29N5O2/c1-15-13-18(17-7-10-19(11-8-17)25-16(2)30)9-12-20(15)26-23(31)27-22-14-21(24(3,4)5)28-29(22)6/h7-14H,1-6H3,(H,25,30)(H2,26,27,31). The van der Waals surface area contributed by atoms with Crippen LogP contribution in [0, 0.1) is 6.92 Å². The van der Waals surface area contributed by atoms with Gasteiger partial charge in [-0.3, -0.25) is 14.8 Å². The van der Waals surface area contributed by atoms with Crippen molar-refractivity contribution in [3.8, 4) is 11.1 Å². The highest BCUT2D eigenvalue weighted by Gasteiger charge is 2.19. The van der Waals surface area contributed by atoms with Crippen LogP contribution >= 0.6 is 0 Å². The van der Waals surface area contributed by atoms with Crippen molar-refractivity contribution < 1.29 is 9.59 Å². The van der Waals surface area contributed by atoms with E-state index in [1.165, 1.54) is 6.92 Å². The lowest BCUT2D eigenvalue weighted by molar-refractivity contribution is -0.114. The number of rotatable bonds is 4. The van der Waals surface area contributed by atoms with E-state index in [1.54, 1.807) is 4.68 Å². The van der Waals surface area contributed by atoms with Gasteiger partial charge in [0.05, 0.1) is 5.69 Å². The van der Waals surface area contributed by atoms with Gasteiger partial charge in [0, 0.05) is 36.8 Å². The molecule has 3 N–H and O–H groups in total. The van der Waals surface area contributed by atoms with Crippen LogP contribution < -0.4 is 16.0 Å². The Morgan fingerprint density at radius 2 is 1.55 bits per heavy atom. The van der Waals surface area contributed by atoms with Gasteiger partial charge in [-0.15, -0.1) is 0 Å². The zero-order valence-electron chi connectivity index (χ0n) is 18.8. The maximum atomic E-state index is 12.5. The zero-order valence-corrected chi connectivity index (χ0v) is 18.8. The maximum Gasteiger partial charge on any atom is 0.324 e. The van der Waals surface area contributed by atoms with Crippen LogP contribution in [-0.2, 0) is 17.3 Å². The van der Waals surface area contributed by atoms with Crippen molar-refractivity contribution in [1.82, 2.24) is 9.78 Å². The Labute approximate surface area is 182 Å². The minimum absolute atomic E-state index is 0.0963. The number of carbonyl (C=O) groups is 2. The summed E-state index contributed by atoms with van der Waals surface area (Å²) < 4.78 is 1.67. The number of anilines is 3. The molecule has 3 rings (SSSR count). The van der Waals surface area contributed by atoms with Crippen LogP contribution in [0.15, 0.2) is 48.5 Å². The largest absolute Gasteiger partial charge is 0.326 e. The van der Waals surface area contributed by atoms with E-state index in [2.05, 4.69) is 41.8 Å². The summed E-state index contributed by atoms with van der Waals surface area (Å²) in [6.07, 6.45) is 0. The molecule has 0 radical (unpaired) electrons. The molecule has 0 bridgehead atoms. The smallest absolute Gasteiger partial charge is 0.324 e. The molecule has 0 saturated heterocycles. The van der Waals surface area contributed by atoms with Crippen molar-refractivity contribution in [1.29, 1.82) is 0 Å². The first kappa shape index (κ1) is 22.1. The van der Waals surface area contributed by atoms with Gasteiger partial charge in [0.2, 0.25) is 5.91 Å². The van der Waals surface area contributed by atoms with Gasteiger partial charge in [0.1, 0.15) is 5.82 Å². The minimum Gasteiger partial charge on any atom is -0.326 e. The number of hydrogen-bond acceptors (Lipinski definition) is 3. The fraction of sp³-hybridized carbons (Fsp3) is 0.292. The quantitative estimate of drug-likeness (QED) is 0.536. The van der Waals surface area contributed by atoms with E-state index in [-0.39, 0.29) is 17.4 Å². The zero-order chi connectivity index (χ0) is 22.8. The van der Waals surface area contributed by atoms with E-state index in [1.807, 2.05) is 62.5 Å². The molecule has 31 heavy (non-hydrogen) atoms. The summed E-state index contributed by atoms with van der Waals surface area (Å²) in [7, 11) is 1.81. The fourth-order valence-corrected chi connectivity index (χ4v) is 3.15. The molecule has 2 aromatic carbocycles. The Kier molecular flexibility index (Phi) is 6.15. The van der Waals surface area contributed by atoms with Gasteiger partial charge in [-0.25, -0.2) is 4.79 Å². The van der Waals surface area contributed by atoms with Crippen LogP contribution in [0.3, 0.4) is 0 Å². The Bertz CT molecular complexity index is 1110. The van der Waals surface area contributed by atoms with Crippen LogP contribution in [0.4, 0.5) is 22.0 Å². The first-order valence-corrected chi connectivity index (χ1v) is 10.1. The molecule has 3 amide bonds. The number of benzene rings is 2. The van der Waals surface area contributed by atoms with Crippen LogP contribution in [0.5, 0.6) is 0 Å². The highest BCUT2D eigenvalue weighted by atomic mass is 16.2.